The van der Waals surface area contributed by atoms with Gasteiger partial charge in [-0.2, -0.15) is 5.10 Å². The molecule has 0 radical (unpaired) electrons. The third-order valence-electron chi connectivity index (χ3n) is 2.55. The lowest BCUT2D eigenvalue weighted by Crippen LogP contribution is -2.36. The fourth-order valence-electron chi connectivity index (χ4n) is 1.45. The van der Waals surface area contributed by atoms with Crippen molar-refractivity contribution >= 4 is 11.9 Å². The minimum absolute atomic E-state index is 0.0139. The van der Waals surface area contributed by atoms with Crippen LogP contribution in [0, 0.1) is 11.8 Å². The summed E-state index contributed by atoms with van der Waals surface area (Å²) in [4.78, 5) is 22.4. The molecule has 1 rings (SSSR count). The number of aromatic amines is 1. The number of amides is 1. The topological polar surface area (TPSA) is 95.1 Å². The lowest BCUT2D eigenvalue weighted by atomic mass is 9.96. The Morgan fingerprint density at radius 3 is 2.71 bits per heavy atom. The van der Waals surface area contributed by atoms with E-state index in [1.54, 1.807) is 12.3 Å². The highest BCUT2D eigenvalue weighted by atomic mass is 16.4. The second-order valence-electron chi connectivity index (χ2n) is 4.25. The molecule has 6 heteroatoms. The van der Waals surface area contributed by atoms with Gasteiger partial charge in [-0.1, -0.05) is 13.8 Å². The van der Waals surface area contributed by atoms with E-state index in [0.29, 0.717) is 5.69 Å². The first-order chi connectivity index (χ1) is 8.00. The number of hydrogen-bond acceptors (Lipinski definition) is 3. The van der Waals surface area contributed by atoms with Gasteiger partial charge in [0, 0.05) is 18.4 Å². The van der Waals surface area contributed by atoms with Gasteiger partial charge in [-0.15, -0.1) is 0 Å². The van der Waals surface area contributed by atoms with Crippen LogP contribution in [0.3, 0.4) is 0 Å². The first-order valence-electron chi connectivity index (χ1n) is 5.48. The molecule has 6 nitrogen and oxygen atoms in total. The molecule has 0 spiro atoms. The van der Waals surface area contributed by atoms with E-state index in [-0.39, 0.29) is 24.8 Å². The zero-order chi connectivity index (χ0) is 12.8. The van der Waals surface area contributed by atoms with Gasteiger partial charge in [0.15, 0.2) is 0 Å². The SMILES string of the molecule is CC(C)C(CNC(=O)Cc1ccn[nH]1)C(=O)O. The minimum atomic E-state index is -0.887. The van der Waals surface area contributed by atoms with Crippen LogP contribution in [0.2, 0.25) is 0 Å². The number of carbonyl (C=O) groups is 2. The molecule has 0 aliphatic heterocycles. The van der Waals surface area contributed by atoms with E-state index in [1.165, 1.54) is 0 Å². The average Bonchev–Trinajstić information content (AvgIpc) is 2.69. The Bertz CT molecular complexity index is 373. The van der Waals surface area contributed by atoms with Gasteiger partial charge in [0.25, 0.3) is 0 Å². The summed E-state index contributed by atoms with van der Waals surface area (Å²) < 4.78 is 0. The van der Waals surface area contributed by atoms with Crippen LogP contribution in [-0.2, 0) is 16.0 Å². The first-order valence-corrected chi connectivity index (χ1v) is 5.48. The molecular formula is C11H17N3O3. The fourth-order valence-corrected chi connectivity index (χ4v) is 1.45. The summed E-state index contributed by atoms with van der Waals surface area (Å²) >= 11 is 0. The highest BCUT2D eigenvalue weighted by molar-refractivity contribution is 5.79. The summed E-state index contributed by atoms with van der Waals surface area (Å²) in [6.07, 6.45) is 1.75. The van der Waals surface area contributed by atoms with Crippen LogP contribution in [0.25, 0.3) is 0 Å². The number of H-pyrrole nitrogens is 1. The van der Waals surface area contributed by atoms with Gasteiger partial charge in [-0.3, -0.25) is 14.7 Å². The molecule has 17 heavy (non-hydrogen) atoms. The normalized spacial score (nSPS) is 12.4. The Kier molecular flexibility index (Phi) is 4.68. The van der Waals surface area contributed by atoms with Crippen molar-refractivity contribution in [3.63, 3.8) is 0 Å². The second-order valence-corrected chi connectivity index (χ2v) is 4.25. The van der Waals surface area contributed by atoms with Crippen molar-refractivity contribution in [2.24, 2.45) is 11.8 Å². The van der Waals surface area contributed by atoms with E-state index >= 15 is 0 Å². The van der Waals surface area contributed by atoms with E-state index in [0.717, 1.165) is 0 Å². The third-order valence-corrected chi connectivity index (χ3v) is 2.55. The number of aliphatic carboxylic acids is 1. The van der Waals surface area contributed by atoms with Crippen molar-refractivity contribution in [3.8, 4) is 0 Å². The van der Waals surface area contributed by atoms with Gasteiger partial charge in [0.05, 0.1) is 12.3 Å². The van der Waals surface area contributed by atoms with Crippen LogP contribution in [-0.4, -0.2) is 33.7 Å². The summed E-state index contributed by atoms with van der Waals surface area (Å²) in [7, 11) is 0. The summed E-state index contributed by atoms with van der Waals surface area (Å²) in [5.41, 5.74) is 0.707. The number of carboxylic acids is 1. The van der Waals surface area contributed by atoms with E-state index in [2.05, 4.69) is 15.5 Å². The number of nitrogens with zero attached hydrogens (tertiary/aromatic N) is 1. The summed E-state index contributed by atoms with van der Waals surface area (Å²) in [5.74, 6) is -1.66. The van der Waals surface area contributed by atoms with Gasteiger partial charge >= 0.3 is 5.97 Å². The Hall–Kier alpha value is -1.85. The zero-order valence-electron chi connectivity index (χ0n) is 9.93. The highest BCUT2D eigenvalue weighted by Gasteiger charge is 2.21. The van der Waals surface area contributed by atoms with E-state index in [9.17, 15) is 9.59 Å². The number of nitrogens with one attached hydrogen (secondary N) is 2. The van der Waals surface area contributed by atoms with Crippen molar-refractivity contribution in [3.05, 3.63) is 18.0 Å². The molecule has 0 saturated heterocycles. The molecule has 3 N–H and O–H groups in total. The maximum atomic E-state index is 11.5. The molecule has 0 aromatic carbocycles. The molecule has 1 aromatic rings. The smallest absolute Gasteiger partial charge is 0.308 e. The van der Waals surface area contributed by atoms with Gasteiger partial charge in [-0.25, -0.2) is 0 Å². The molecule has 94 valence electrons. The number of aromatic nitrogens is 2. The third kappa shape index (κ3) is 4.26. The van der Waals surface area contributed by atoms with Crippen LogP contribution >= 0.6 is 0 Å². The molecule has 0 aliphatic carbocycles. The summed E-state index contributed by atoms with van der Waals surface area (Å²) in [5, 5.41) is 18.0. The van der Waals surface area contributed by atoms with Crippen molar-refractivity contribution in [1.29, 1.82) is 0 Å². The molecule has 1 atom stereocenters. The van der Waals surface area contributed by atoms with Crippen molar-refractivity contribution in [2.75, 3.05) is 6.54 Å². The Morgan fingerprint density at radius 1 is 1.53 bits per heavy atom. The van der Waals surface area contributed by atoms with Crippen molar-refractivity contribution in [2.45, 2.75) is 20.3 Å². The average molecular weight is 239 g/mol. The Morgan fingerprint density at radius 2 is 2.24 bits per heavy atom. The monoisotopic (exact) mass is 239 g/mol. The van der Waals surface area contributed by atoms with Gasteiger partial charge in [-0.05, 0) is 12.0 Å². The highest BCUT2D eigenvalue weighted by Crippen LogP contribution is 2.09. The van der Waals surface area contributed by atoms with Crippen LogP contribution in [0.15, 0.2) is 12.3 Å². The van der Waals surface area contributed by atoms with Crippen LogP contribution in [0.4, 0.5) is 0 Å². The molecule has 0 saturated carbocycles. The number of rotatable bonds is 6. The molecule has 0 aliphatic rings. The Labute approximate surface area is 99.4 Å². The molecule has 1 heterocycles. The van der Waals surface area contributed by atoms with Crippen LogP contribution < -0.4 is 5.32 Å². The predicted molar refractivity (Wildman–Crippen MR) is 61.3 cm³/mol. The molecule has 0 fully saturated rings. The number of carboxylic acid groups (broad SMARTS) is 1. The second kappa shape index (κ2) is 6.03. The standard InChI is InChI=1S/C11H17N3O3/c1-7(2)9(11(16)17)6-12-10(15)5-8-3-4-13-14-8/h3-4,7,9H,5-6H2,1-2H3,(H,12,15)(H,13,14)(H,16,17). The number of hydrogen-bond donors (Lipinski definition) is 3. The Balaban J connectivity index is 2.39. The van der Waals surface area contributed by atoms with Gasteiger partial charge < -0.3 is 10.4 Å². The maximum absolute atomic E-state index is 11.5. The van der Waals surface area contributed by atoms with E-state index in [4.69, 9.17) is 5.11 Å². The van der Waals surface area contributed by atoms with Crippen molar-refractivity contribution in [1.82, 2.24) is 15.5 Å². The lowest BCUT2D eigenvalue weighted by Gasteiger charge is -2.16. The quantitative estimate of drug-likeness (QED) is 0.670. The molecule has 1 amide bonds. The van der Waals surface area contributed by atoms with E-state index < -0.39 is 11.9 Å². The fraction of sp³-hybridized carbons (Fsp3) is 0.545. The zero-order valence-corrected chi connectivity index (χ0v) is 9.93. The van der Waals surface area contributed by atoms with Crippen LogP contribution in [0.5, 0.6) is 0 Å². The first kappa shape index (κ1) is 13.2. The van der Waals surface area contributed by atoms with E-state index in [1.807, 2.05) is 13.8 Å². The maximum Gasteiger partial charge on any atom is 0.308 e. The predicted octanol–water partition coefficient (Wildman–Crippen LogP) is 0.425. The summed E-state index contributed by atoms with van der Waals surface area (Å²) in [6, 6.07) is 1.71. The minimum Gasteiger partial charge on any atom is -0.481 e. The van der Waals surface area contributed by atoms with Crippen molar-refractivity contribution < 1.29 is 14.7 Å². The molecule has 0 bridgehead atoms. The van der Waals surface area contributed by atoms with Gasteiger partial charge in [0.1, 0.15) is 0 Å². The number of carbonyl (C=O) groups excluding carboxylic acids is 1. The molecule has 1 unspecified atom stereocenters. The molecule has 1 aromatic heterocycles. The summed E-state index contributed by atoms with van der Waals surface area (Å²) in [6.45, 7) is 3.79. The van der Waals surface area contributed by atoms with Crippen LogP contribution in [0.1, 0.15) is 19.5 Å². The lowest BCUT2D eigenvalue weighted by molar-refractivity contribution is -0.143. The molecular weight excluding hydrogens is 222 g/mol. The van der Waals surface area contributed by atoms with Gasteiger partial charge in [0.2, 0.25) is 5.91 Å². The largest absolute Gasteiger partial charge is 0.481 e.